The molecular formula is C50H32N4O. The van der Waals surface area contributed by atoms with E-state index in [0.29, 0.717) is 11.6 Å². The van der Waals surface area contributed by atoms with Crippen molar-refractivity contribution in [3.8, 4) is 78.9 Å². The van der Waals surface area contributed by atoms with Crippen molar-refractivity contribution in [2.24, 2.45) is 0 Å². The summed E-state index contributed by atoms with van der Waals surface area (Å²) < 4.78 is 6.87. The highest BCUT2D eigenvalue weighted by atomic mass is 16.3. The molecule has 0 aliphatic heterocycles. The number of hydrogen-bond acceptors (Lipinski definition) is 5. The number of hydrogen-bond donors (Lipinski definition) is 0. The Morgan fingerprint density at radius 2 is 0.636 bits per heavy atom. The first kappa shape index (κ1) is 32.2. The fourth-order valence-electron chi connectivity index (χ4n) is 7.20. The van der Waals surface area contributed by atoms with Gasteiger partial charge >= 0.3 is 0 Å². The first-order valence-corrected chi connectivity index (χ1v) is 18.3. The Kier molecular flexibility index (Phi) is 8.08. The topological polar surface area (TPSA) is 64.7 Å². The summed E-state index contributed by atoms with van der Waals surface area (Å²) in [6.45, 7) is 0. The maximum atomic E-state index is 6.87. The molecule has 0 aliphatic rings. The summed E-state index contributed by atoms with van der Waals surface area (Å²) in [6, 6.07) is 66.0. The summed E-state index contributed by atoms with van der Waals surface area (Å²) in [5, 5.41) is 2.08. The minimum absolute atomic E-state index is 0.667. The average Bonchev–Trinajstić information content (AvgIpc) is 3.67. The SMILES string of the molecule is c1ccc(-c2cc(-c3ccccc3)nc(-c3ccc(-c4cccc5c4oc4c(-c6cc(-c7ccccc7)nc(-c7ccccc7)n6)cccc45)cc3)n2)cc1. The first-order valence-electron chi connectivity index (χ1n) is 18.3. The number of para-hydroxylation sites is 2. The predicted molar refractivity (Wildman–Crippen MR) is 223 cm³/mol. The molecule has 0 spiro atoms. The molecule has 55 heavy (non-hydrogen) atoms. The average molecular weight is 705 g/mol. The van der Waals surface area contributed by atoms with E-state index in [1.165, 1.54) is 0 Å². The van der Waals surface area contributed by atoms with E-state index in [0.717, 1.165) is 89.2 Å². The molecule has 3 heterocycles. The van der Waals surface area contributed by atoms with Crippen LogP contribution in [-0.4, -0.2) is 19.9 Å². The van der Waals surface area contributed by atoms with Crippen molar-refractivity contribution < 1.29 is 4.42 Å². The fraction of sp³-hybridized carbons (Fsp3) is 0. The Morgan fingerprint density at radius 1 is 0.273 bits per heavy atom. The van der Waals surface area contributed by atoms with Crippen molar-refractivity contribution in [2.75, 3.05) is 0 Å². The lowest BCUT2D eigenvalue weighted by Crippen LogP contribution is -1.96. The maximum absolute atomic E-state index is 6.87. The molecule has 0 N–H and O–H groups in total. The molecular weight excluding hydrogens is 673 g/mol. The molecule has 0 aliphatic carbocycles. The van der Waals surface area contributed by atoms with Crippen LogP contribution in [0.3, 0.4) is 0 Å². The molecule has 0 atom stereocenters. The van der Waals surface area contributed by atoms with Gasteiger partial charge < -0.3 is 4.42 Å². The number of fused-ring (bicyclic) bond motifs is 3. The van der Waals surface area contributed by atoms with Gasteiger partial charge in [-0.2, -0.15) is 0 Å². The van der Waals surface area contributed by atoms with E-state index in [1.54, 1.807) is 0 Å². The van der Waals surface area contributed by atoms with Crippen molar-refractivity contribution in [1.29, 1.82) is 0 Å². The third-order valence-electron chi connectivity index (χ3n) is 9.95. The predicted octanol–water partition coefficient (Wildman–Crippen LogP) is 12.8. The summed E-state index contributed by atoms with van der Waals surface area (Å²) in [7, 11) is 0. The van der Waals surface area contributed by atoms with Gasteiger partial charge in [-0.15, -0.1) is 0 Å². The van der Waals surface area contributed by atoms with Crippen molar-refractivity contribution in [3.05, 3.63) is 194 Å². The molecule has 0 unspecified atom stereocenters. The van der Waals surface area contributed by atoms with Crippen LogP contribution in [0.5, 0.6) is 0 Å². The Morgan fingerprint density at radius 3 is 1.13 bits per heavy atom. The summed E-state index contributed by atoms with van der Waals surface area (Å²) in [6.07, 6.45) is 0. The van der Waals surface area contributed by atoms with Crippen molar-refractivity contribution in [3.63, 3.8) is 0 Å². The van der Waals surface area contributed by atoms with Crippen molar-refractivity contribution in [2.45, 2.75) is 0 Å². The first-order chi connectivity index (χ1) is 27.2. The second-order valence-corrected chi connectivity index (χ2v) is 13.4. The maximum Gasteiger partial charge on any atom is 0.160 e. The monoisotopic (exact) mass is 704 g/mol. The van der Waals surface area contributed by atoms with Gasteiger partial charge in [0.05, 0.1) is 22.8 Å². The van der Waals surface area contributed by atoms with E-state index in [1.807, 2.05) is 84.9 Å². The van der Waals surface area contributed by atoms with Crippen LogP contribution in [0.25, 0.3) is 101 Å². The van der Waals surface area contributed by atoms with Crippen LogP contribution in [0.1, 0.15) is 0 Å². The molecule has 5 nitrogen and oxygen atoms in total. The molecule has 0 saturated carbocycles. The third-order valence-corrected chi connectivity index (χ3v) is 9.95. The highest BCUT2D eigenvalue weighted by Gasteiger charge is 2.19. The van der Waals surface area contributed by atoms with Gasteiger partial charge in [0, 0.05) is 49.7 Å². The van der Waals surface area contributed by atoms with Gasteiger partial charge in [-0.3, -0.25) is 0 Å². The molecule has 10 rings (SSSR count). The Balaban J connectivity index is 1.07. The lowest BCUT2D eigenvalue weighted by atomic mass is 10.00. The normalized spacial score (nSPS) is 11.3. The molecule has 7 aromatic carbocycles. The summed E-state index contributed by atoms with van der Waals surface area (Å²) >= 11 is 0. The minimum Gasteiger partial charge on any atom is -0.455 e. The van der Waals surface area contributed by atoms with Gasteiger partial charge in [0.15, 0.2) is 11.6 Å². The number of aromatic nitrogens is 4. The number of benzene rings is 7. The van der Waals surface area contributed by atoms with Crippen molar-refractivity contribution >= 4 is 21.9 Å². The molecule has 0 saturated heterocycles. The fourth-order valence-corrected chi connectivity index (χ4v) is 7.20. The lowest BCUT2D eigenvalue weighted by Gasteiger charge is -2.10. The van der Waals surface area contributed by atoms with Crippen LogP contribution in [0.2, 0.25) is 0 Å². The lowest BCUT2D eigenvalue weighted by molar-refractivity contribution is 0.671. The summed E-state index contributed by atoms with van der Waals surface area (Å²) in [4.78, 5) is 20.2. The van der Waals surface area contributed by atoms with E-state index in [4.69, 9.17) is 24.4 Å². The number of furan rings is 1. The summed E-state index contributed by atoms with van der Waals surface area (Å²) in [5.41, 5.74) is 13.0. The second-order valence-electron chi connectivity index (χ2n) is 13.4. The quantitative estimate of drug-likeness (QED) is 0.165. The molecule has 10 aromatic rings. The molecule has 0 fully saturated rings. The highest BCUT2D eigenvalue weighted by Crippen LogP contribution is 2.41. The van der Waals surface area contributed by atoms with Gasteiger partial charge in [-0.25, -0.2) is 19.9 Å². The summed E-state index contributed by atoms with van der Waals surface area (Å²) in [5.74, 6) is 1.34. The minimum atomic E-state index is 0.667. The van der Waals surface area contributed by atoms with Crippen molar-refractivity contribution in [1.82, 2.24) is 19.9 Å². The third kappa shape index (κ3) is 6.14. The van der Waals surface area contributed by atoms with Gasteiger partial charge in [0.25, 0.3) is 0 Å². The van der Waals surface area contributed by atoms with Gasteiger partial charge in [0.2, 0.25) is 0 Å². The zero-order chi connectivity index (χ0) is 36.6. The van der Waals surface area contributed by atoms with E-state index in [2.05, 4.69) is 109 Å². The Hall–Kier alpha value is -7.50. The number of rotatable bonds is 7. The molecule has 0 radical (unpaired) electrons. The van der Waals surface area contributed by atoms with E-state index >= 15 is 0 Å². The van der Waals surface area contributed by atoms with Gasteiger partial charge in [-0.05, 0) is 23.8 Å². The van der Waals surface area contributed by atoms with Crippen LogP contribution in [0.4, 0.5) is 0 Å². The van der Waals surface area contributed by atoms with E-state index < -0.39 is 0 Å². The van der Waals surface area contributed by atoms with Crippen LogP contribution < -0.4 is 0 Å². The van der Waals surface area contributed by atoms with Crippen LogP contribution in [0.15, 0.2) is 199 Å². The zero-order valence-electron chi connectivity index (χ0n) is 29.7. The van der Waals surface area contributed by atoms with Crippen LogP contribution in [0, 0.1) is 0 Å². The molecule has 5 heteroatoms. The Labute approximate surface area is 318 Å². The second kappa shape index (κ2) is 13.8. The molecule has 0 bridgehead atoms. The standard InChI is InChI=1S/C50H32N4O/c1-5-15-34(16-6-1)43-31-44(35-17-7-2-8-18-35)52-50(51-43)38-29-27-33(28-30-38)39-23-13-24-40-41-25-14-26-42(48(41)55-47(39)40)46-32-45(36-19-9-3-10-20-36)53-49(54-46)37-21-11-4-12-22-37/h1-32H. The molecule has 3 aromatic heterocycles. The van der Waals surface area contributed by atoms with Crippen LogP contribution in [-0.2, 0) is 0 Å². The van der Waals surface area contributed by atoms with Gasteiger partial charge in [0.1, 0.15) is 11.2 Å². The van der Waals surface area contributed by atoms with E-state index in [-0.39, 0.29) is 0 Å². The largest absolute Gasteiger partial charge is 0.455 e. The molecule has 258 valence electrons. The van der Waals surface area contributed by atoms with Crippen LogP contribution >= 0.6 is 0 Å². The smallest absolute Gasteiger partial charge is 0.160 e. The Bertz CT molecular complexity index is 2830. The zero-order valence-corrected chi connectivity index (χ0v) is 29.7. The van der Waals surface area contributed by atoms with E-state index in [9.17, 15) is 0 Å². The highest BCUT2D eigenvalue weighted by molar-refractivity contribution is 6.13. The number of nitrogens with zero attached hydrogens (tertiary/aromatic N) is 4. The van der Waals surface area contributed by atoms with Gasteiger partial charge in [-0.1, -0.05) is 176 Å². The molecule has 0 amide bonds.